The molecule has 0 aliphatic rings. The van der Waals surface area contributed by atoms with Crippen molar-refractivity contribution in [2.75, 3.05) is 13.1 Å². The molecule has 0 bridgehead atoms. The first kappa shape index (κ1) is 19.7. The van der Waals surface area contributed by atoms with Crippen molar-refractivity contribution in [2.24, 2.45) is 4.99 Å². The molecule has 122 valence electrons. The number of aliphatic hydroxyl groups is 1. The maximum atomic E-state index is 10.1. The Morgan fingerprint density at radius 3 is 2.77 bits per heavy atom. The van der Waals surface area contributed by atoms with E-state index in [1.807, 2.05) is 24.4 Å². The molecule has 22 heavy (non-hydrogen) atoms. The Morgan fingerprint density at radius 2 is 2.18 bits per heavy atom. The second kappa shape index (κ2) is 10.4. The van der Waals surface area contributed by atoms with Crippen LogP contribution in [0.15, 0.2) is 34.6 Å². The second-order valence-electron chi connectivity index (χ2n) is 4.31. The van der Waals surface area contributed by atoms with Gasteiger partial charge >= 0.3 is 0 Å². The quantitative estimate of drug-likeness (QED) is 0.341. The van der Waals surface area contributed by atoms with Crippen LogP contribution in [0, 0.1) is 0 Å². The number of halogens is 2. The molecule has 0 amide bonds. The lowest BCUT2D eigenvalue weighted by Gasteiger charge is -2.14. The average Bonchev–Trinajstić information content (AvgIpc) is 3.13. The molecule has 2 aromatic heterocycles. The third kappa shape index (κ3) is 6.41. The van der Waals surface area contributed by atoms with Gasteiger partial charge in [-0.2, -0.15) is 0 Å². The van der Waals surface area contributed by atoms with E-state index in [0.717, 1.165) is 11.4 Å². The van der Waals surface area contributed by atoms with Crippen molar-refractivity contribution in [3.63, 3.8) is 0 Å². The molecule has 4 nitrogen and oxygen atoms in total. The highest BCUT2D eigenvalue weighted by atomic mass is 127. The molecule has 0 saturated carbocycles. The molecule has 0 aromatic carbocycles. The van der Waals surface area contributed by atoms with E-state index < -0.39 is 6.10 Å². The lowest BCUT2D eigenvalue weighted by Crippen LogP contribution is -2.39. The summed E-state index contributed by atoms with van der Waals surface area (Å²) >= 11 is 8.95. The molecular weight excluding hydrogens is 453 g/mol. The number of nitrogens with zero attached hydrogens (tertiary/aromatic N) is 1. The maximum absolute atomic E-state index is 10.1. The number of nitrogens with one attached hydrogen (secondary N) is 2. The molecule has 0 radical (unpaired) electrons. The van der Waals surface area contributed by atoms with Crippen LogP contribution >= 0.6 is 58.3 Å². The minimum absolute atomic E-state index is 0. The van der Waals surface area contributed by atoms with Crippen molar-refractivity contribution in [3.8, 4) is 0 Å². The third-order valence-electron chi connectivity index (χ3n) is 2.70. The van der Waals surface area contributed by atoms with E-state index in [1.54, 1.807) is 17.4 Å². The summed E-state index contributed by atoms with van der Waals surface area (Å²) in [5, 5.41) is 18.5. The Labute approximate surface area is 160 Å². The SMILES string of the molecule is CCNC(=NCc1cccs1)NCC(O)c1ccc(Cl)s1.I. The van der Waals surface area contributed by atoms with Gasteiger partial charge in [-0.15, -0.1) is 46.7 Å². The molecule has 1 unspecified atom stereocenters. The molecule has 0 aliphatic heterocycles. The van der Waals surface area contributed by atoms with Crippen LogP contribution in [0.3, 0.4) is 0 Å². The van der Waals surface area contributed by atoms with E-state index in [0.29, 0.717) is 23.4 Å². The number of thiophene rings is 2. The number of aliphatic hydroxyl groups excluding tert-OH is 1. The van der Waals surface area contributed by atoms with E-state index in [-0.39, 0.29) is 24.0 Å². The van der Waals surface area contributed by atoms with Crippen LogP contribution < -0.4 is 10.6 Å². The highest BCUT2D eigenvalue weighted by Gasteiger charge is 2.10. The Balaban J connectivity index is 0.00000242. The van der Waals surface area contributed by atoms with E-state index in [2.05, 4.69) is 21.7 Å². The van der Waals surface area contributed by atoms with Crippen LogP contribution in [-0.2, 0) is 6.54 Å². The summed E-state index contributed by atoms with van der Waals surface area (Å²) in [6, 6.07) is 7.70. The molecule has 0 fully saturated rings. The summed E-state index contributed by atoms with van der Waals surface area (Å²) in [7, 11) is 0. The summed E-state index contributed by atoms with van der Waals surface area (Å²) in [6.07, 6.45) is -0.590. The van der Waals surface area contributed by atoms with Crippen LogP contribution in [-0.4, -0.2) is 24.2 Å². The number of hydrogen-bond acceptors (Lipinski definition) is 4. The molecule has 8 heteroatoms. The summed E-state index contributed by atoms with van der Waals surface area (Å²) in [6.45, 7) is 3.82. The van der Waals surface area contributed by atoms with Gasteiger partial charge in [-0.3, -0.25) is 0 Å². The second-order valence-corrected chi connectivity index (χ2v) is 7.09. The highest BCUT2D eigenvalue weighted by Crippen LogP contribution is 2.26. The summed E-state index contributed by atoms with van der Waals surface area (Å²) in [4.78, 5) is 6.55. The minimum atomic E-state index is -0.590. The van der Waals surface area contributed by atoms with Crippen LogP contribution in [0.1, 0.15) is 22.8 Å². The van der Waals surface area contributed by atoms with Crippen molar-refractivity contribution in [2.45, 2.75) is 19.6 Å². The van der Waals surface area contributed by atoms with Gasteiger partial charge in [-0.1, -0.05) is 17.7 Å². The molecule has 0 aliphatic carbocycles. The van der Waals surface area contributed by atoms with Gasteiger partial charge in [-0.05, 0) is 30.5 Å². The fourth-order valence-electron chi connectivity index (χ4n) is 1.70. The Morgan fingerprint density at radius 1 is 1.36 bits per heavy atom. The van der Waals surface area contributed by atoms with Gasteiger partial charge in [0.25, 0.3) is 0 Å². The highest BCUT2D eigenvalue weighted by molar-refractivity contribution is 14.0. The zero-order chi connectivity index (χ0) is 15.1. The predicted octanol–water partition coefficient (Wildman–Crippen LogP) is 3.87. The zero-order valence-corrected chi connectivity index (χ0v) is 16.8. The largest absolute Gasteiger partial charge is 0.386 e. The molecule has 0 saturated heterocycles. The molecule has 2 rings (SSSR count). The van der Waals surface area contributed by atoms with E-state index in [4.69, 9.17) is 11.6 Å². The molecule has 2 heterocycles. The van der Waals surface area contributed by atoms with Gasteiger partial charge in [0.1, 0.15) is 6.10 Å². The standard InChI is InChI=1S/C14H18ClN3OS2.HI/c1-2-16-14(17-8-10-4-3-7-20-10)18-9-11(19)12-5-6-13(15)21-12;/h3-7,11,19H,2,8-9H2,1H3,(H2,16,17,18);1H. The fourth-order valence-corrected chi connectivity index (χ4v) is 3.38. The normalized spacial score (nSPS) is 12.6. The van der Waals surface area contributed by atoms with Crippen molar-refractivity contribution in [1.82, 2.24) is 10.6 Å². The van der Waals surface area contributed by atoms with Crippen molar-refractivity contribution < 1.29 is 5.11 Å². The Bertz CT molecular complexity index is 574. The van der Waals surface area contributed by atoms with Crippen molar-refractivity contribution in [1.29, 1.82) is 0 Å². The Kier molecular flexibility index (Phi) is 9.34. The van der Waals surface area contributed by atoms with Gasteiger partial charge in [0.15, 0.2) is 5.96 Å². The van der Waals surface area contributed by atoms with Crippen molar-refractivity contribution in [3.05, 3.63) is 43.7 Å². The van der Waals surface area contributed by atoms with E-state index in [9.17, 15) is 5.11 Å². The van der Waals surface area contributed by atoms with Gasteiger partial charge in [-0.25, -0.2) is 4.99 Å². The lowest BCUT2D eigenvalue weighted by molar-refractivity contribution is 0.184. The maximum Gasteiger partial charge on any atom is 0.191 e. The lowest BCUT2D eigenvalue weighted by atomic mass is 10.3. The van der Waals surface area contributed by atoms with E-state index in [1.165, 1.54) is 16.2 Å². The van der Waals surface area contributed by atoms with E-state index >= 15 is 0 Å². The van der Waals surface area contributed by atoms with Crippen LogP contribution in [0.2, 0.25) is 4.34 Å². The molecule has 1 atom stereocenters. The van der Waals surface area contributed by atoms with Crippen LogP contribution in [0.4, 0.5) is 0 Å². The van der Waals surface area contributed by atoms with Crippen LogP contribution in [0.5, 0.6) is 0 Å². The number of hydrogen-bond donors (Lipinski definition) is 3. The summed E-state index contributed by atoms with van der Waals surface area (Å²) in [5.41, 5.74) is 0. The number of aliphatic imine (C=N–C) groups is 1. The first-order valence-electron chi connectivity index (χ1n) is 6.67. The molecular formula is C14H19ClIN3OS2. The van der Waals surface area contributed by atoms with Crippen LogP contribution in [0.25, 0.3) is 0 Å². The average molecular weight is 472 g/mol. The summed E-state index contributed by atoms with van der Waals surface area (Å²) in [5.74, 6) is 0.701. The smallest absolute Gasteiger partial charge is 0.191 e. The topological polar surface area (TPSA) is 56.7 Å². The third-order valence-corrected chi connectivity index (χ3v) is 4.90. The van der Waals surface area contributed by atoms with Gasteiger partial charge in [0, 0.05) is 22.8 Å². The first-order chi connectivity index (χ1) is 10.2. The van der Waals surface area contributed by atoms with Gasteiger partial charge < -0.3 is 15.7 Å². The predicted molar refractivity (Wildman–Crippen MR) is 107 cm³/mol. The van der Waals surface area contributed by atoms with Gasteiger partial charge in [0.2, 0.25) is 0 Å². The number of rotatable bonds is 6. The Hall–Kier alpha value is -0.350. The number of guanidine groups is 1. The monoisotopic (exact) mass is 471 g/mol. The first-order valence-corrected chi connectivity index (χ1v) is 8.74. The minimum Gasteiger partial charge on any atom is -0.386 e. The fraction of sp³-hybridized carbons (Fsp3) is 0.357. The van der Waals surface area contributed by atoms with Gasteiger partial charge in [0.05, 0.1) is 10.9 Å². The summed E-state index contributed by atoms with van der Waals surface area (Å²) < 4.78 is 0.683. The molecule has 0 spiro atoms. The molecule has 3 N–H and O–H groups in total. The van der Waals surface area contributed by atoms with Crippen molar-refractivity contribution >= 4 is 64.2 Å². The zero-order valence-electron chi connectivity index (χ0n) is 12.1. The molecule has 2 aromatic rings.